The van der Waals surface area contributed by atoms with Crippen molar-refractivity contribution >= 4 is 11.3 Å². The summed E-state index contributed by atoms with van der Waals surface area (Å²) in [6.07, 6.45) is 1.22. The number of nitrogens with one attached hydrogen (secondary N) is 1. The monoisotopic (exact) mass is 282 g/mol. The fourth-order valence-electron chi connectivity index (χ4n) is 1.55. The Bertz CT molecular complexity index is 409. The average Bonchev–Trinajstić information content (AvgIpc) is 2.80. The second kappa shape index (κ2) is 9.93. The number of hydrogen-bond acceptors (Lipinski definition) is 5. The molecule has 106 valence electrons. The van der Waals surface area contributed by atoms with Crippen molar-refractivity contribution in [2.45, 2.75) is 32.8 Å². The van der Waals surface area contributed by atoms with Crippen LogP contribution in [0.4, 0.5) is 0 Å². The lowest BCUT2D eigenvalue weighted by Crippen LogP contribution is -2.31. The van der Waals surface area contributed by atoms with Crippen molar-refractivity contribution in [3.05, 3.63) is 16.1 Å². The van der Waals surface area contributed by atoms with E-state index in [0.717, 1.165) is 25.1 Å². The summed E-state index contributed by atoms with van der Waals surface area (Å²) in [5.74, 6) is 5.80. The van der Waals surface area contributed by atoms with Crippen LogP contribution in [-0.4, -0.2) is 42.5 Å². The molecule has 19 heavy (non-hydrogen) atoms. The van der Waals surface area contributed by atoms with Gasteiger partial charge in [0.2, 0.25) is 0 Å². The molecule has 0 radical (unpaired) electrons. The fraction of sp³-hybridized carbons (Fsp3) is 0.643. The van der Waals surface area contributed by atoms with Crippen molar-refractivity contribution in [2.24, 2.45) is 0 Å². The smallest absolute Gasteiger partial charge is 0.0897 e. The Morgan fingerprint density at radius 2 is 2.42 bits per heavy atom. The average molecular weight is 282 g/mol. The Labute approximate surface area is 119 Å². The molecule has 0 aliphatic heterocycles. The van der Waals surface area contributed by atoms with Gasteiger partial charge in [-0.2, -0.15) is 0 Å². The zero-order valence-electron chi connectivity index (χ0n) is 11.6. The van der Waals surface area contributed by atoms with Crippen LogP contribution >= 0.6 is 11.3 Å². The summed E-state index contributed by atoms with van der Waals surface area (Å²) >= 11 is 1.65. The number of aryl methyl sites for hydroxylation is 1. The van der Waals surface area contributed by atoms with E-state index in [1.54, 1.807) is 11.3 Å². The van der Waals surface area contributed by atoms with Gasteiger partial charge in [-0.05, 0) is 13.8 Å². The van der Waals surface area contributed by atoms with Crippen LogP contribution < -0.4 is 5.32 Å². The molecule has 5 heteroatoms. The SMILES string of the molecule is CC#CCCNCC(O)COCCc1scnc1C. The third kappa shape index (κ3) is 7.28. The van der Waals surface area contributed by atoms with Gasteiger partial charge in [-0.15, -0.1) is 23.2 Å². The maximum absolute atomic E-state index is 9.68. The molecule has 0 spiro atoms. The second-order valence-corrected chi connectivity index (χ2v) is 5.16. The van der Waals surface area contributed by atoms with Crippen molar-refractivity contribution in [1.82, 2.24) is 10.3 Å². The topological polar surface area (TPSA) is 54.4 Å². The summed E-state index contributed by atoms with van der Waals surface area (Å²) in [4.78, 5) is 5.44. The minimum Gasteiger partial charge on any atom is -0.389 e. The van der Waals surface area contributed by atoms with Crippen molar-refractivity contribution < 1.29 is 9.84 Å². The van der Waals surface area contributed by atoms with Crippen molar-refractivity contribution in [1.29, 1.82) is 0 Å². The Morgan fingerprint density at radius 3 is 3.11 bits per heavy atom. The largest absolute Gasteiger partial charge is 0.389 e. The van der Waals surface area contributed by atoms with Crippen molar-refractivity contribution in [3.8, 4) is 11.8 Å². The van der Waals surface area contributed by atoms with Gasteiger partial charge in [-0.3, -0.25) is 0 Å². The number of nitrogens with zero attached hydrogens (tertiary/aromatic N) is 1. The summed E-state index contributed by atoms with van der Waals surface area (Å²) in [7, 11) is 0. The molecule has 1 heterocycles. The number of thiazole rings is 1. The van der Waals surface area contributed by atoms with E-state index in [1.165, 1.54) is 4.88 Å². The highest BCUT2D eigenvalue weighted by Gasteiger charge is 2.05. The van der Waals surface area contributed by atoms with E-state index in [0.29, 0.717) is 19.8 Å². The molecule has 0 aliphatic carbocycles. The molecule has 0 amide bonds. The zero-order chi connectivity index (χ0) is 13.9. The van der Waals surface area contributed by atoms with E-state index < -0.39 is 6.10 Å². The van der Waals surface area contributed by atoms with Crippen LogP contribution in [0.5, 0.6) is 0 Å². The van der Waals surface area contributed by atoms with E-state index in [2.05, 4.69) is 22.1 Å². The third-order valence-electron chi connectivity index (χ3n) is 2.61. The minimum atomic E-state index is -0.461. The minimum absolute atomic E-state index is 0.365. The van der Waals surface area contributed by atoms with Crippen LogP contribution in [0.1, 0.15) is 23.9 Å². The maximum Gasteiger partial charge on any atom is 0.0897 e. The molecule has 0 fully saturated rings. The van der Waals surface area contributed by atoms with Gasteiger partial charge in [0, 0.05) is 30.8 Å². The van der Waals surface area contributed by atoms with E-state index in [1.807, 2.05) is 19.4 Å². The number of aromatic nitrogens is 1. The molecule has 0 aliphatic rings. The number of hydrogen-bond donors (Lipinski definition) is 2. The molecule has 0 aromatic carbocycles. The molecule has 0 bridgehead atoms. The summed E-state index contributed by atoms with van der Waals surface area (Å²) in [6, 6.07) is 0. The van der Waals surface area contributed by atoms with E-state index in [-0.39, 0.29) is 0 Å². The van der Waals surface area contributed by atoms with Crippen LogP contribution in [0.25, 0.3) is 0 Å². The Morgan fingerprint density at radius 1 is 1.58 bits per heavy atom. The van der Waals surface area contributed by atoms with Gasteiger partial charge in [0.15, 0.2) is 0 Å². The predicted molar refractivity (Wildman–Crippen MR) is 78.3 cm³/mol. The summed E-state index contributed by atoms with van der Waals surface area (Å²) in [6.45, 7) is 6.17. The molecule has 1 atom stereocenters. The van der Waals surface area contributed by atoms with Crippen molar-refractivity contribution in [2.75, 3.05) is 26.3 Å². The van der Waals surface area contributed by atoms with Crippen LogP contribution in [0.2, 0.25) is 0 Å². The third-order valence-corrected chi connectivity index (χ3v) is 3.61. The lowest BCUT2D eigenvalue weighted by molar-refractivity contribution is 0.0387. The van der Waals surface area contributed by atoms with Crippen LogP contribution in [-0.2, 0) is 11.2 Å². The number of aliphatic hydroxyl groups excluding tert-OH is 1. The maximum atomic E-state index is 9.68. The predicted octanol–water partition coefficient (Wildman–Crippen LogP) is 1.37. The quantitative estimate of drug-likeness (QED) is 0.531. The molecule has 4 nitrogen and oxygen atoms in total. The van der Waals surface area contributed by atoms with Crippen LogP contribution in [0.3, 0.4) is 0 Å². The lowest BCUT2D eigenvalue weighted by Gasteiger charge is -2.11. The molecule has 0 saturated heterocycles. The zero-order valence-corrected chi connectivity index (χ0v) is 12.4. The van der Waals surface area contributed by atoms with Gasteiger partial charge in [0.25, 0.3) is 0 Å². The molecule has 1 rings (SSSR count). The molecule has 2 N–H and O–H groups in total. The van der Waals surface area contributed by atoms with Gasteiger partial charge in [0.05, 0.1) is 30.5 Å². The lowest BCUT2D eigenvalue weighted by atomic mass is 10.3. The molecular formula is C14H22N2O2S. The molecule has 1 aromatic heterocycles. The number of rotatable bonds is 9. The van der Waals surface area contributed by atoms with Crippen LogP contribution in [0.15, 0.2) is 5.51 Å². The summed E-state index contributed by atoms with van der Waals surface area (Å²) < 4.78 is 5.46. The first kappa shape index (κ1) is 16.1. The molecule has 0 saturated carbocycles. The van der Waals surface area contributed by atoms with Gasteiger partial charge in [0.1, 0.15) is 0 Å². The highest BCUT2D eigenvalue weighted by Crippen LogP contribution is 2.12. The molecular weight excluding hydrogens is 260 g/mol. The van der Waals surface area contributed by atoms with E-state index in [4.69, 9.17) is 4.74 Å². The van der Waals surface area contributed by atoms with Crippen LogP contribution in [0, 0.1) is 18.8 Å². The van der Waals surface area contributed by atoms with Gasteiger partial charge < -0.3 is 15.2 Å². The normalized spacial score (nSPS) is 11.9. The molecule has 1 aromatic rings. The number of aliphatic hydroxyl groups is 1. The summed E-state index contributed by atoms with van der Waals surface area (Å²) in [5.41, 5.74) is 2.93. The second-order valence-electron chi connectivity index (χ2n) is 4.22. The first-order chi connectivity index (χ1) is 9.24. The number of ether oxygens (including phenoxy) is 1. The fourth-order valence-corrected chi connectivity index (χ4v) is 2.32. The Balaban J connectivity index is 1.99. The van der Waals surface area contributed by atoms with Gasteiger partial charge in [-0.25, -0.2) is 4.98 Å². The van der Waals surface area contributed by atoms with E-state index >= 15 is 0 Å². The Kier molecular flexibility index (Phi) is 8.43. The summed E-state index contributed by atoms with van der Waals surface area (Å²) in [5, 5.41) is 12.8. The Hall–Kier alpha value is -0.930. The first-order valence-electron chi connectivity index (χ1n) is 6.49. The van der Waals surface area contributed by atoms with Gasteiger partial charge in [-0.1, -0.05) is 0 Å². The van der Waals surface area contributed by atoms with E-state index in [9.17, 15) is 5.11 Å². The standard InChI is InChI=1S/C14H22N2O2S/c1-3-4-5-7-15-9-13(17)10-18-8-6-14-12(2)16-11-19-14/h11,13,15,17H,5-10H2,1-2H3. The van der Waals surface area contributed by atoms with Crippen molar-refractivity contribution in [3.63, 3.8) is 0 Å². The highest BCUT2D eigenvalue weighted by molar-refractivity contribution is 7.09. The van der Waals surface area contributed by atoms with Gasteiger partial charge >= 0.3 is 0 Å². The first-order valence-corrected chi connectivity index (χ1v) is 7.37. The molecule has 1 unspecified atom stereocenters. The highest BCUT2D eigenvalue weighted by atomic mass is 32.1.